The summed E-state index contributed by atoms with van der Waals surface area (Å²) in [5.41, 5.74) is -0.0764. The van der Waals surface area contributed by atoms with Crippen molar-refractivity contribution in [3.05, 3.63) is 83.4 Å². The number of carbonyl (C=O) groups excluding carboxylic acids is 1. The fourth-order valence-corrected chi connectivity index (χ4v) is 6.14. The molecule has 0 aromatic heterocycles. The van der Waals surface area contributed by atoms with Crippen LogP contribution in [0.15, 0.2) is 66.7 Å². The van der Waals surface area contributed by atoms with E-state index in [-0.39, 0.29) is 18.1 Å². The molecule has 3 N–H and O–H groups in total. The normalized spacial score (nSPS) is 24.3. The summed E-state index contributed by atoms with van der Waals surface area (Å²) in [5, 5.41) is 33.8. The minimum Gasteiger partial charge on any atom is -0.497 e. The van der Waals surface area contributed by atoms with E-state index < -0.39 is 35.1 Å². The van der Waals surface area contributed by atoms with Crippen LogP contribution in [0.4, 0.5) is 0 Å². The molecule has 3 aromatic rings. The minimum atomic E-state index is -2.73. The van der Waals surface area contributed by atoms with E-state index in [1.54, 1.807) is 66.7 Å². The Hall–Kier alpha value is -4.08. The first kappa shape index (κ1) is 26.5. The SMILES string of the molecule is COc1ccc(C23Oc4cc(OCCCC=O)cc(OC)c4C2C(O)(O)C(C(=O)O)C3c2ccccc2)cc1. The molecule has 9 heteroatoms. The average Bonchev–Trinajstić information content (AvgIpc) is 3.39. The van der Waals surface area contributed by atoms with Crippen LogP contribution in [0.25, 0.3) is 0 Å². The molecule has 1 fully saturated rings. The van der Waals surface area contributed by atoms with Gasteiger partial charge in [0.25, 0.3) is 0 Å². The highest BCUT2D eigenvalue weighted by molar-refractivity contribution is 5.77. The first-order chi connectivity index (χ1) is 18.8. The van der Waals surface area contributed by atoms with Crippen LogP contribution in [0.2, 0.25) is 0 Å². The van der Waals surface area contributed by atoms with Gasteiger partial charge in [0, 0.05) is 30.0 Å². The maximum Gasteiger partial charge on any atom is 0.312 e. The number of hydrogen-bond donors (Lipinski definition) is 3. The van der Waals surface area contributed by atoms with E-state index in [0.717, 1.165) is 6.29 Å². The Kier molecular flexibility index (Phi) is 6.96. The van der Waals surface area contributed by atoms with Crippen molar-refractivity contribution in [1.82, 2.24) is 0 Å². The van der Waals surface area contributed by atoms with Gasteiger partial charge in [0.15, 0.2) is 11.4 Å². The predicted molar refractivity (Wildman–Crippen MR) is 139 cm³/mol. The number of rotatable bonds is 10. The van der Waals surface area contributed by atoms with Gasteiger partial charge >= 0.3 is 5.97 Å². The van der Waals surface area contributed by atoms with Gasteiger partial charge in [-0.25, -0.2) is 0 Å². The lowest BCUT2D eigenvalue weighted by Gasteiger charge is -2.36. The quantitative estimate of drug-likeness (QED) is 0.203. The number of unbranched alkanes of at least 4 members (excludes halogenated alkanes) is 1. The molecule has 0 radical (unpaired) electrons. The third kappa shape index (κ3) is 4.18. The Morgan fingerprint density at radius 3 is 2.33 bits per heavy atom. The summed E-state index contributed by atoms with van der Waals surface area (Å²) in [7, 11) is 2.97. The smallest absolute Gasteiger partial charge is 0.312 e. The molecule has 4 unspecified atom stereocenters. The standard InChI is InChI=1S/C30H30O9/c1-36-20-12-10-19(11-13-20)29-25(18-8-4-3-5-9-18)26(28(32)33)30(34,35)27(29)24-22(37-2)16-21(17-23(24)39-29)38-15-7-6-14-31/h3-5,8-14,16-17,25-27,34-35H,6-7,15H2,1-2H3,(H,32,33). The molecule has 0 spiro atoms. The first-order valence-corrected chi connectivity index (χ1v) is 12.6. The molecule has 9 nitrogen and oxygen atoms in total. The number of methoxy groups -OCH3 is 2. The van der Waals surface area contributed by atoms with Crippen LogP contribution < -0.4 is 18.9 Å². The number of ether oxygens (including phenoxy) is 4. The summed E-state index contributed by atoms with van der Waals surface area (Å²) in [6.07, 6.45) is 1.70. The van der Waals surface area contributed by atoms with Gasteiger partial charge in [-0.2, -0.15) is 0 Å². The largest absolute Gasteiger partial charge is 0.497 e. The summed E-state index contributed by atoms with van der Waals surface area (Å²) in [6, 6.07) is 19.0. The van der Waals surface area contributed by atoms with Crippen LogP contribution in [0.3, 0.4) is 0 Å². The van der Waals surface area contributed by atoms with Gasteiger partial charge in [-0.3, -0.25) is 4.79 Å². The minimum absolute atomic E-state index is 0.267. The number of carboxylic acid groups (broad SMARTS) is 1. The van der Waals surface area contributed by atoms with Gasteiger partial charge < -0.3 is 39.1 Å². The third-order valence-corrected chi connectivity index (χ3v) is 7.67. The van der Waals surface area contributed by atoms with Gasteiger partial charge in [0.05, 0.1) is 26.7 Å². The van der Waals surface area contributed by atoms with Gasteiger partial charge in [-0.15, -0.1) is 0 Å². The van der Waals surface area contributed by atoms with Crippen molar-refractivity contribution >= 4 is 12.3 Å². The molecule has 1 aliphatic carbocycles. The number of aldehydes is 1. The molecule has 1 saturated carbocycles. The van der Waals surface area contributed by atoms with Crippen LogP contribution in [-0.4, -0.2) is 54.2 Å². The molecule has 0 amide bonds. The van der Waals surface area contributed by atoms with E-state index in [1.165, 1.54) is 14.2 Å². The van der Waals surface area contributed by atoms with Crippen molar-refractivity contribution in [3.8, 4) is 23.0 Å². The number of carboxylic acids is 1. The molecule has 39 heavy (non-hydrogen) atoms. The maximum absolute atomic E-state index is 12.7. The second-order valence-corrected chi connectivity index (χ2v) is 9.74. The van der Waals surface area contributed by atoms with Crippen LogP contribution in [0, 0.1) is 5.92 Å². The van der Waals surface area contributed by atoms with Crippen molar-refractivity contribution in [2.24, 2.45) is 5.92 Å². The lowest BCUT2D eigenvalue weighted by atomic mass is 9.73. The molecule has 204 valence electrons. The van der Waals surface area contributed by atoms with E-state index in [9.17, 15) is 24.9 Å². The topological polar surface area (TPSA) is 132 Å². The number of benzene rings is 3. The van der Waals surface area contributed by atoms with Crippen molar-refractivity contribution in [2.45, 2.75) is 36.1 Å². The van der Waals surface area contributed by atoms with E-state index in [0.29, 0.717) is 41.0 Å². The van der Waals surface area contributed by atoms with E-state index in [1.807, 2.05) is 0 Å². The van der Waals surface area contributed by atoms with Gasteiger partial charge in [-0.1, -0.05) is 42.5 Å². The van der Waals surface area contributed by atoms with E-state index in [4.69, 9.17) is 18.9 Å². The molecule has 1 aliphatic heterocycles. The predicted octanol–water partition coefficient (Wildman–Crippen LogP) is 3.61. The maximum atomic E-state index is 12.7. The zero-order valence-corrected chi connectivity index (χ0v) is 21.6. The molecule has 0 saturated heterocycles. The number of aliphatic hydroxyl groups is 2. The van der Waals surface area contributed by atoms with Crippen molar-refractivity contribution in [3.63, 3.8) is 0 Å². The third-order valence-electron chi connectivity index (χ3n) is 7.67. The molecular weight excluding hydrogens is 504 g/mol. The lowest BCUT2D eigenvalue weighted by molar-refractivity contribution is -0.210. The first-order valence-electron chi connectivity index (χ1n) is 12.6. The number of hydrogen-bond acceptors (Lipinski definition) is 8. The van der Waals surface area contributed by atoms with Crippen LogP contribution >= 0.6 is 0 Å². The Balaban J connectivity index is 1.75. The highest BCUT2D eigenvalue weighted by Gasteiger charge is 2.76. The Morgan fingerprint density at radius 1 is 1.00 bits per heavy atom. The summed E-state index contributed by atoms with van der Waals surface area (Å²) in [4.78, 5) is 23.4. The van der Waals surface area contributed by atoms with Gasteiger partial charge in [-0.05, 0) is 29.7 Å². The molecule has 1 heterocycles. The Bertz CT molecular complexity index is 1350. The molecule has 5 rings (SSSR count). The van der Waals surface area contributed by atoms with Crippen molar-refractivity contribution in [1.29, 1.82) is 0 Å². The molecule has 3 aromatic carbocycles. The highest BCUT2D eigenvalue weighted by atomic mass is 16.5. The lowest BCUT2D eigenvalue weighted by Crippen LogP contribution is -2.44. The Labute approximate surface area is 225 Å². The van der Waals surface area contributed by atoms with Crippen LogP contribution in [-0.2, 0) is 15.2 Å². The van der Waals surface area contributed by atoms with Crippen LogP contribution in [0.5, 0.6) is 23.0 Å². The molecule has 4 atom stereocenters. The summed E-state index contributed by atoms with van der Waals surface area (Å²) >= 11 is 0. The fraction of sp³-hybridized carbons (Fsp3) is 0.333. The number of aliphatic carboxylic acids is 1. The second kappa shape index (κ2) is 10.2. The summed E-state index contributed by atoms with van der Waals surface area (Å²) in [5.74, 6) is -6.42. The zero-order valence-electron chi connectivity index (χ0n) is 21.6. The van der Waals surface area contributed by atoms with E-state index in [2.05, 4.69) is 0 Å². The fourth-order valence-electron chi connectivity index (χ4n) is 6.14. The van der Waals surface area contributed by atoms with Gasteiger partial charge in [0.1, 0.15) is 35.2 Å². The van der Waals surface area contributed by atoms with Crippen molar-refractivity contribution < 1.29 is 43.9 Å². The Morgan fingerprint density at radius 2 is 1.72 bits per heavy atom. The summed E-state index contributed by atoms with van der Waals surface area (Å²) in [6.45, 7) is 0.283. The monoisotopic (exact) mass is 534 g/mol. The second-order valence-electron chi connectivity index (χ2n) is 9.74. The zero-order chi connectivity index (χ0) is 27.8. The number of fused-ring (bicyclic) bond motifs is 3. The molecular formula is C30H30O9. The molecule has 2 aliphatic rings. The van der Waals surface area contributed by atoms with E-state index >= 15 is 0 Å². The van der Waals surface area contributed by atoms with Crippen molar-refractivity contribution in [2.75, 3.05) is 20.8 Å². The van der Waals surface area contributed by atoms with Crippen LogP contribution in [0.1, 0.15) is 41.4 Å². The summed E-state index contributed by atoms with van der Waals surface area (Å²) < 4.78 is 23.6. The van der Waals surface area contributed by atoms with Gasteiger partial charge in [0.2, 0.25) is 0 Å². The molecule has 0 bridgehead atoms. The number of carbonyl (C=O) groups is 2. The average molecular weight is 535 g/mol. The highest BCUT2D eigenvalue weighted by Crippen LogP contribution is 2.71.